The molecule has 112 valence electrons. The molecule has 0 fully saturated rings. The summed E-state index contributed by atoms with van der Waals surface area (Å²) in [7, 11) is 0. The second-order valence-corrected chi connectivity index (χ2v) is 5.31. The average Bonchev–Trinajstić information content (AvgIpc) is 2.43. The first-order valence-electron chi connectivity index (χ1n) is 6.87. The molecule has 0 heterocycles. The molecule has 2 N–H and O–H groups in total. The number of ether oxygens (including phenoxy) is 1. The van der Waals surface area contributed by atoms with Crippen molar-refractivity contribution in [2.75, 3.05) is 0 Å². The van der Waals surface area contributed by atoms with E-state index in [-0.39, 0.29) is 11.7 Å². The summed E-state index contributed by atoms with van der Waals surface area (Å²) in [6, 6.07) is 8.77. The lowest BCUT2D eigenvalue weighted by atomic mass is 9.96. The molecule has 0 aromatic heterocycles. The highest BCUT2D eigenvalue weighted by atomic mass is 19.1. The van der Waals surface area contributed by atoms with Crippen molar-refractivity contribution in [2.24, 2.45) is 5.73 Å². The number of aryl methyl sites for hydroxylation is 1. The molecule has 0 aliphatic heterocycles. The van der Waals surface area contributed by atoms with Gasteiger partial charge >= 0.3 is 0 Å². The maximum absolute atomic E-state index is 14.2. The molecule has 2 nitrogen and oxygen atoms in total. The first-order chi connectivity index (χ1) is 9.90. The molecular formula is C17H19F2NO. The SMILES string of the molecule is Cc1ccc(F)c(C(N)c2cccc(OC(C)C)c2)c1F. The summed E-state index contributed by atoms with van der Waals surface area (Å²) in [5.41, 5.74) is 6.92. The fourth-order valence-electron chi connectivity index (χ4n) is 2.18. The van der Waals surface area contributed by atoms with Crippen LogP contribution >= 0.6 is 0 Å². The van der Waals surface area contributed by atoms with Crippen LogP contribution in [0.1, 0.15) is 36.6 Å². The van der Waals surface area contributed by atoms with Gasteiger partial charge in [-0.05, 0) is 50.1 Å². The Hall–Kier alpha value is -1.94. The fraction of sp³-hybridized carbons (Fsp3) is 0.294. The van der Waals surface area contributed by atoms with Crippen LogP contribution in [0.15, 0.2) is 36.4 Å². The minimum absolute atomic E-state index is 0.0175. The number of benzene rings is 2. The highest BCUT2D eigenvalue weighted by Crippen LogP contribution is 2.28. The van der Waals surface area contributed by atoms with Gasteiger partial charge in [-0.1, -0.05) is 18.2 Å². The second kappa shape index (κ2) is 6.22. The zero-order valence-corrected chi connectivity index (χ0v) is 12.4. The molecule has 0 aliphatic rings. The van der Waals surface area contributed by atoms with Crippen LogP contribution in [0.2, 0.25) is 0 Å². The standard InChI is InChI=1S/C17H19F2NO/c1-10(2)21-13-6-4-5-12(9-13)17(20)15-14(18)8-7-11(3)16(15)19/h4-10,17H,20H2,1-3H3. The lowest BCUT2D eigenvalue weighted by molar-refractivity contribution is 0.242. The first-order valence-corrected chi connectivity index (χ1v) is 6.87. The van der Waals surface area contributed by atoms with Crippen LogP contribution in [0.25, 0.3) is 0 Å². The van der Waals surface area contributed by atoms with E-state index in [2.05, 4.69) is 0 Å². The molecular weight excluding hydrogens is 272 g/mol. The van der Waals surface area contributed by atoms with Crippen LogP contribution in [0.5, 0.6) is 5.75 Å². The summed E-state index contributed by atoms with van der Waals surface area (Å²) in [6.07, 6.45) is 0.0175. The summed E-state index contributed by atoms with van der Waals surface area (Å²) in [5.74, 6) is -0.607. The molecule has 21 heavy (non-hydrogen) atoms. The number of rotatable bonds is 4. The van der Waals surface area contributed by atoms with Crippen molar-refractivity contribution < 1.29 is 13.5 Å². The van der Waals surface area contributed by atoms with E-state index in [1.165, 1.54) is 12.1 Å². The third kappa shape index (κ3) is 3.39. The van der Waals surface area contributed by atoms with Crippen LogP contribution in [0.3, 0.4) is 0 Å². The molecule has 0 bridgehead atoms. The monoisotopic (exact) mass is 291 g/mol. The zero-order valence-electron chi connectivity index (χ0n) is 12.4. The van der Waals surface area contributed by atoms with E-state index in [0.717, 1.165) is 0 Å². The van der Waals surface area contributed by atoms with Gasteiger partial charge in [-0.15, -0.1) is 0 Å². The van der Waals surface area contributed by atoms with E-state index < -0.39 is 17.7 Å². The number of nitrogens with two attached hydrogens (primary N) is 1. The summed E-state index contributed by atoms with van der Waals surface area (Å²) >= 11 is 0. The maximum Gasteiger partial charge on any atom is 0.134 e. The van der Waals surface area contributed by atoms with Crippen molar-refractivity contribution in [3.05, 3.63) is 64.7 Å². The highest BCUT2D eigenvalue weighted by molar-refractivity contribution is 5.39. The first kappa shape index (κ1) is 15.4. The molecule has 1 unspecified atom stereocenters. The largest absolute Gasteiger partial charge is 0.491 e. The normalized spacial score (nSPS) is 12.5. The zero-order chi connectivity index (χ0) is 15.6. The molecule has 0 radical (unpaired) electrons. The van der Waals surface area contributed by atoms with Gasteiger partial charge in [0.15, 0.2) is 0 Å². The van der Waals surface area contributed by atoms with Crippen LogP contribution in [0.4, 0.5) is 8.78 Å². The molecule has 1 atom stereocenters. The van der Waals surface area contributed by atoms with Crippen molar-refractivity contribution in [1.29, 1.82) is 0 Å². The Balaban J connectivity index is 2.41. The summed E-state index contributed by atoms with van der Waals surface area (Å²) < 4.78 is 33.7. The third-order valence-corrected chi connectivity index (χ3v) is 3.22. The van der Waals surface area contributed by atoms with Gasteiger partial charge in [0, 0.05) is 5.56 Å². The topological polar surface area (TPSA) is 35.2 Å². The Bertz CT molecular complexity index is 641. The van der Waals surface area contributed by atoms with Crippen molar-refractivity contribution in [2.45, 2.75) is 32.9 Å². The van der Waals surface area contributed by atoms with Gasteiger partial charge in [-0.3, -0.25) is 0 Å². The number of hydrogen-bond donors (Lipinski definition) is 1. The Morgan fingerprint density at radius 1 is 1.10 bits per heavy atom. The smallest absolute Gasteiger partial charge is 0.134 e. The predicted molar refractivity (Wildman–Crippen MR) is 79.3 cm³/mol. The van der Waals surface area contributed by atoms with E-state index in [1.807, 2.05) is 13.8 Å². The number of halogens is 2. The van der Waals surface area contributed by atoms with Crippen LogP contribution in [-0.2, 0) is 0 Å². The van der Waals surface area contributed by atoms with E-state index >= 15 is 0 Å². The Morgan fingerprint density at radius 2 is 1.81 bits per heavy atom. The van der Waals surface area contributed by atoms with Gasteiger partial charge in [0.25, 0.3) is 0 Å². The maximum atomic E-state index is 14.2. The average molecular weight is 291 g/mol. The minimum Gasteiger partial charge on any atom is -0.491 e. The molecule has 0 aliphatic carbocycles. The van der Waals surface area contributed by atoms with Gasteiger partial charge in [0.2, 0.25) is 0 Å². The summed E-state index contributed by atoms with van der Waals surface area (Å²) in [6.45, 7) is 5.41. The van der Waals surface area contributed by atoms with E-state index in [9.17, 15) is 8.78 Å². The Morgan fingerprint density at radius 3 is 2.48 bits per heavy atom. The van der Waals surface area contributed by atoms with Crippen molar-refractivity contribution >= 4 is 0 Å². The van der Waals surface area contributed by atoms with E-state index in [4.69, 9.17) is 10.5 Å². The molecule has 4 heteroatoms. The third-order valence-electron chi connectivity index (χ3n) is 3.22. The quantitative estimate of drug-likeness (QED) is 0.920. The van der Waals surface area contributed by atoms with Gasteiger partial charge in [0.1, 0.15) is 17.4 Å². The molecule has 2 aromatic rings. The van der Waals surface area contributed by atoms with Crippen molar-refractivity contribution in [3.8, 4) is 5.75 Å². The van der Waals surface area contributed by atoms with Gasteiger partial charge in [-0.2, -0.15) is 0 Å². The lowest BCUT2D eigenvalue weighted by Gasteiger charge is -2.17. The van der Waals surface area contributed by atoms with Crippen molar-refractivity contribution in [3.63, 3.8) is 0 Å². The predicted octanol–water partition coefficient (Wildman–Crippen LogP) is 4.11. The van der Waals surface area contributed by atoms with E-state index in [0.29, 0.717) is 16.9 Å². The molecule has 2 rings (SSSR count). The molecule has 0 amide bonds. The Kier molecular flexibility index (Phi) is 4.58. The van der Waals surface area contributed by atoms with Gasteiger partial charge in [0.05, 0.1) is 12.1 Å². The minimum atomic E-state index is -0.874. The second-order valence-electron chi connectivity index (χ2n) is 5.31. The molecule has 0 saturated carbocycles. The van der Waals surface area contributed by atoms with Gasteiger partial charge in [-0.25, -0.2) is 8.78 Å². The van der Waals surface area contributed by atoms with E-state index in [1.54, 1.807) is 31.2 Å². The number of hydrogen-bond acceptors (Lipinski definition) is 2. The molecule has 0 spiro atoms. The highest BCUT2D eigenvalue weighted by Gasteiger charge is 2.20. The molecule has 0 saturated heterocycles. The summed E-state index contributed by atoms with van der Waals surface area (Å²) in [4.78, 5) is 0. The fourth-order valence-corrected chi connectivity index (χ4v) is 2.18. The molecule has 2 aromatic carbocycles. The van der Waals surface area contributed by atoms with Crippen LogP contribution in [-0.4, -0.2) is 6.10 Å². The van der Waals surface area contributed by atoms with Gasteiger partial charge < -0.3 is 10.5 Å². The summed E-state index contributed by atoms with van der Waals surface area (Å²) in [5, 5.41) is 0. The Labute approximate surface area is 123 Å². The van der Waals surface area contributed by atoms with Crippen molar-refractivity contribution in [1.82, 2.24) is 0 Å². The van der Waals surface area contributed by atoms with Crippen LogP contribution < -0.4 is 10.5 Å². The van der Waals surface area contributed by atoms with Crippen LogP contribution in [0, 0.1) is 18.6 Å². The lowest BCUT2D eigenvalue weighted by Crippen LogP contribution is -2.16.